The quantitative estimate of drug-likeness (QED) is 0.631. The largest absolute Gasteiger partial charge is 0.475 e. The highest BCUT2D eigenvalue weighted by atomic mass is 16.9. The second-order valence-corrected chi connectivity index (χ2v) is 2.67. The van der Waals surface area contributed by atoms with Gasteiger partial charge in [0.2, 0.25) is 0 Å². The lowest BCUT2D eigenvalue weighted by Gasteiger charge is -2.28. The molecule has 0 aromatic rings. The minimum Gasteiger partial charge on any atom is -0.475 e. The van der Waals surface area contributed by atoms with Gasteiger partial charge in [0.25, 0.3) is 0 Å². The van der Waals surface area contributed by atoms with Crippen molar-refractivity contribution in [3.8, 4) is 0 Å². The van der Waals surface area contributed by atoms with Crippen LogP contribution in [0, 0.1) is 0 Å². The van der Waals surface area contributed by atoms with Crippen LogP contribution in [0.3, 0.4) is 0 Å². The van der Waals surface area contributed by atoms with Crippen molar-refractivity contribution in [1.29, 1.82) is 0 Å². The van der Waals surface area contributed by atoms with Crippen molar-refractivity contribution >= 4 is 5.97 Å². The molecule has 0 aliphatic rings. The molecule has 0 fully saturated rings. The molecule has 0 spiro atoms. The molecule has 0 saturated heterocycles. The molecule has 0 aromatic heterocycles. The molecular formula is C8H16O5. The molecule has 5 nitrogen and oxygen atoms in total. The molecular weight excluding hydrogens is 176 g/mol. The molecule has 1 N–H and O–H groups in total. The van der Waals surface area contributed by atoms with Crippen molar-refractivity contribution in [2.45, 2.75) is 32.8 Å². The van der Waals surface area contributed by atoms with Gasteiger partial charge in [-0.25, -0.2) is 4.79 Å². The fraction of sp³-hybridized carbons (Fsp3) is 0.875. The lowest BCUT2D eigenvalue weighted by Crippen LogP contribution is -2.47. The predicted octanol–water partition coefficient (Wildman–Crippen LogP) is 0.833. The maximum atomic E-state index is 10.8. The van der Waals surface area contributed by atoms with Gasteiger partial charge < -0.3 is 19.3 Å². The Balaban J connectivity index is 4.54. The van der Waals surface area contributed by atoms with Gasteiger partial charge in [-0.05, 0) is 20.8 Å². The van der Waals surface area contributed by atoms with Crippen molar-refractivity contribution in [2.24, 2.45) is 0 Å². The number of methoxy groups -OCH3 is 1. The summed E-state index contributed by atoms with van der Waals surface area (Å²) in [5, 5.41) is 8.83. The molecule has 0 amide bonds. The van der Waals surface area contributed by atoms with Crippen LogP contribution in [0.4, 0.5) is 0 Å². The molecule has 0 aliphatic heterocycles. The van der Waals surface area contributed by atoms with Gasteiger partial charge in [0.15, 0.2) is 0 Å². The fourth-order valence-electron chi connectivity index (χ4n) is 0.841. The van der Waals surface area contributed by atoms with E-state index in [1.165, 1.54) is 7.11 Å². The Morgan fingerprint density at radius 2 is 2.08 bits per heavy atom. The standard InChI is InChI=1S/C8H16O5/c1-5-12-8(11-4,7(9)10)13-6(2)3/h6H,5H2,1-4H3,(H,9,10). The van der Waals surface area contributed by atoms with Crippen LogP contribution in [0.2, 0.25) is 0 Å². The summed E-state index contributed by atoms with van der Waals surface area (Å²) in [5.41, 5.74) is 0. The maximum Gasteiger partial charge on any atom is 0.395 e. The van der Waals surface area contributed by atoms with E-state index in [2.05, 4.69) is 0 Å². The van der Waals surface area contributed by atoms with E-state index in [0.717, 1.165) is 0 Å². The molecule has 0 radical (unpaired) electrons. The molecule has 0 aliphatic carbocycles. The van der Waals surface area contributed by atoms with E-state index in [-0.39, 0.29) is 12.7 Å². The van der Waals surface area contributed by atoms with E-state index < -0.39 is 11.9 Å². The minimum absolute atomic E-state index is 0.201. The molecule has 0 rings (SSSR count). The highest BCUT2D eigenvalue weighted by molar-refractivity contribution is 5.73. The molecule has 0 saturated carbocycles. The van der Waals surface area contributed by atoms with E-state index in [9.17, 15) is 4.79 Å². The molecule has 1 unspecified atom stereocenters. The van der Waals surface area contributed by atoms with Crippen molar-refractivity contribution in [2.75, 3.05) is 13.7 Å². The number of aliphatic carboxylic acids is 1. The zero-order valence-corrected chi connectivity index (χ0v) is 8.36. The zero-order valence-electron chi connectivity index (χ0n) is 8.36. The molecule has 78 valence electrons. The number of carboxylic acids is 1. The van der Waals surface area contributed by atoms with Gasteiger partial charge in [0.1, 0.15) is 0 Å². The maximum absolute atomic E-state index is 10.8. The summed E-state index contributed by atoms with van der Waals surface area (Å²) < 4.78 is 14.7. The number of carbonyl (C=O) groups is 1. The Kier molecular flexibility index (Phi) is 4.90. The van der Waals surface area contributed by atoms with Crippen LogP contribution in [0.5, 0.6) is 0 Å². The van der Waals surface area contributed by atoms with Crippen LogP contribution < -0.4 is 0 Å². The molecule has 1 atom stereocenters. The average Bonchev–Trinajstić information content (AvgIpc) is 2.02. The number of hydrogen-bond donors (Lipinski definition) is 1. The van der Waals surface area contributed by atoms with Crippen LogP contribution in [0.15, 0.2) is 0 Å². The van der Waals surface area contributed by atoms with E-state index in [1.807, 2.05) is 0 Å². The third kappa shape index (κ3) is 3.30. The van der Waals surface area contributed by atoms with Crippen molar-refractivity contribution < 1.29 is 24.1 Å². The first-order valence-electron chi connectivity index (χ1n) is 4.08. The second-order valence-electron chi connectivity index (χ2n) is 2.67. The Hall–Kier alpha value is -0.650. The number of carboxylic acid groups (broad SMARTS) is 1. The number of hydrogen-bond acceptors (Lipinski definition) is 4. The number of rotatable bonds is 6. The molecule has 0 heterocycles. The summed E-state index contributed by atoms with van der Waals surface area (Å²) in [7, 11) is 1.23. The summed E-state index contributed by atoms with van der Waals surface area (Å²) in [6, 6.07) is 0. The van der Waals surface area contributed by atoms with Gasteiger partial charge in [0, 0.05) is 7.11 Å². The van der Waals surface area contributed by atoms with Crippen LogP contribution in [0.1, 0.15) is 20.8 Å². The predicted molar refractivity (Wildman–Crippen MR) is 45.2 cm³/mol. The van der Waals surface area contributed by atoms with E-state index in [0.29, 0.717) is 0 Å². The van der Waals surface area contributed by atoms with Gasteiger partial charge in [-0.2, -0.15) is 0 Å². The van der Waals surface area contributed by atoms with Crippen LogP contribution in [0.25, 0.3) is 0 Å². The third-order valence-corrected chi connectivity index (χ3v) is 1.26. The average molecular weight is 192 g/mol. The Morgan fingerprint density at radius 3 is 2.31 bits per heavy atom. The highest BCUT2D eigenvalue weighted by Gasteiger charge is 2.42. The van der Waals surface area contributed by atoms with Crippen molar-refractivity contribution in [3.05, 3.63) is 0 Å². The lowest BCUT2D eigenvalue weighted by molar-refractivity contribution is -0.362. The molecule has 13 heavy (non-hydrogen) atoms. The minimum atomic E-state index is -1.97. The zero-order chi connectivity index (χ0) is 10.5. The van der Waals surface area contributed by atoms with Crippen molar-refractivity contribution in [3.63, 3.8) is 0 Å². The Morgan fingerprint density at radius 1 is 1.54 bits per heavy atom. The lowest BCUT2D eigenvalue weighted by atomic mass is 10.4. The van der Waals surface area contributed by atoms with Gasteiger partial charge in [0.05, 0.1) is 12.7 Å². The second kappa shape index (κ2) is 5.16. The van der Waals surface area contributed by atoms with Gasteiger partial charge in [-0.1, -0.05) is 0 Å². The van der Waals surface area contributed by atoms with Gasteiger partial charge in [-0.3, -0.25) is 0 Å². The first kappa shape index (κ1) is 12.3. The van der Waals surface area contributed by atoms with Crippen LogP contribution in [-0.2, 0) is 19.0 Å². The Bertz CT molecular complexity index is 168. The van der Waals surface area contributed by atoms with E-state index >= 15 is 0 Å². The van der Waals surface area contributed by atoms with Crippen LogP contribution in [-0.4, -0.2) is 36.9 Å². The first-order valence-corrected chi connectivity index (χ1v) is 4.08. The topological polar surface area (TPSA) is 65.0 Å². The third-order valence-electron chi connectivity index (χ3n) is 1.26. The monoisotopic (exact) mass is 192 g/mol. The smallest absolute Gasteiger partial charge is 0.395 e. The first-order chi connectivity index (χ1) is 5.98. The Labute approximate surface area is 77.6 Å². The normalized spacial score (nSPS) is 15.8. The summed E-state index contributed by atoms with van der Waals surface area (Å²) in [5.74, 6) is -3.26. The molecule has 5 heteroatoms. The van der Waals surface area contributed by atoms with Crippen LogP contribution >= 0.6 is 0 Å². The summed E-state index contributed by atoms with van der Waals surface area (Å²) >= 11 is 0. The molecule has 0 bridgehead atoms. The fourth-order valence-corrected chi connectivity index (χ4v) is 0.841. The van der Waals surface area contributed by atoms with E-state index in [1.54, 1.807) is 20.8 Å². The molecule has 0 aromatic carbocycles. The summed E-state index contributed by atoms with van der Waals surface area (Å²) in [6.45, 7) is 5.28. The van der Waals surface area contributed by atoms with Crippen molar-refractivity contribution in [1.82, 2.24) is 0 Å². The van der Waals surface area contributed by atoms with E-state index in [4.69, 9.17) is 19.3 Å². The van der Waals surface area contributed by atoms with Gasteiger partial charge >= 0.3 is 11.9 Å². The summed E-state index contributed by atoms with van der Waals surface area (Å²) in [4.78, 5) is 10.8. The SMILES string of the molecule is CCOC(OC)(OC(C)C)C(=O)O. The van der Waals surface area contributed by atoms with Gasteiger partial charge in [-0.15, -0.1) is 0 Å². The summed E-state index contributed by atoms with van der Waals surface area (Å²) in [6.07, 6.45) is -0.289. The highest BCUT2D eigenvalue weighted by Crippen LogP contribution is 2.17. The number of ether oxygens (including phenoxy) is 3.